The summed E-state index contributed by atoms with van der Waals surface area (Å²) in [4.78, 5) is 43.8. The smallest absolute Gasteiger partial charge is 0.334 e. The summed E-state index contributed by atoms with van der Waals surface area (Å²) < 4.78 is 5.68. The fourth-order valence-electron chi connectivity index (χ4n) is 3.57. The third-order valence-corrected chi connectivity index (χ3v) is 5.00. The normalized spacial score (nSPS) is 18.4. The van der Waals surface area contributed by atoms with E-state index >= 15 is 0 Å². The number of amides is 4. The van der Waals surface area contributed by atoms with Gasteiger partial charge in [0.05, 0.1) is 6.54 Å². The van der Waals surface area contributed by atoms with Gasteiger partial charge >= 0.3 is 17.8 Å². The van der Waals surface area contributed by atoms with Crippen molar-refractivity contribution in [3.8, 4) is 11.5 Å². The molecule has 1 aliphatic carbocycles. The molecule has 0 unspecified atom stereocenters. The van der Waals surface area contributed by atoms with E-state index in [0.29, 0.717) is 17.3 Å². The van der Waals surface area contributed by atoms with Crippen molar-refractivity contribution >= 4 is 17.8 Å². The second kappa shape index (κ2) is 6.40. The summed E-state index contributed by atoms with van der Waals surface area (Å²) in [5, 5.41) is 0. The van der Waals surface area contributed by atoms with Gasteiger partial charge in [-0.25, -0.2) is 14.7 Å². The van der Waals surface area contributed by atoms with Crippen LogP contribution in [0.2, 0.25) is 0 Å². The molecule has 134 valence electrons. The molecule has 1 aromatic heterocycles. The van der Waals surface area contributed by atoms with Crippen molar-refractivity contribution in [2.75, 3.05) is 0 Å². The fourth-order valence-corrected chi connectivity index (χ4v) is 3.57. The highest BCUT2D eigenvalue weighted by molar-refractivity contribution is 6.44. The Kier molecular flexibility index (Phi) is 4.06. The Morgan fingerprint density at radius 2 is 1.77 bits per heavy atom. The molecule has 0 atom stereocenters. The number of hydrogen-bond donors (Lipinski definition) is 0. The summed E-state index contributed by atoms with van der Waals surface area (Å²) in [6.45, 7) is 1.67. The van der Waals surface area contributed by atoms with Crippen LogP contribution < -0.4 is 0 Å². The standard InChI is InChI=1S/C19H19N3O4/c1-12-15(20-16(26-12)13-7-3-2-4-8-13)11-21-17(23)18(24)22(19(21)25)14-9-5-6-10-14/h2-4,7-8,14H,5-6,9-11H2,1H3. The van der Waals surface area contributed by atoms with E-state index in [1.54, 1.807) is 6.92 Å². The van der Waals surface area contributed by atoms with Crippen LogP contribution in [-0.4, -0.2) is 38.7 Å². The summed E-state index contributed by atoms with van der Waals surface area (Å²) in [6, 6.07) is 8.67. The molecule has 0 bridgehead atoms. The molecule has 7 nitrogen and oxygen atoms in total. The first-order valence-electron chi connectivity index (χ1n) is 8.77. The van der Waals surface area contributed by atoms with Crippen molar-refractivity contribution in [1.29, 1.82) is 0 Å². The van der Waals surface area contributed by atoms with Gasteiger partial charge in [0.2, 0.25) is 5.89 Å². The van der Waals surface area contributed by atoms with Gasteiger partial charge in [0, 0.05) is 11.6 Å². The largest absolute Gasteiger partial charge is 0.441 e. The molecule has 0 N–H and O–H groups in total. The summed E-state index contributed by atoms with van der Waals surface area (Å²) in [5.41, 5.74) is 1.29. The molecular weight excluding hydrogens is 334 g/mol. The van der Waals surface area contributed by atoms with Gasteiger partial charge in [-0.2, -0.15) is 0 Å². The molecule has 2 aromatic rings. The number of urea groups is 1. The van der Waals surface area contributed by atoms with Crippen LogP contribution in [0.25, 0.3) is 11.5 Å². The number of aromatic nitrogens is 1. The third kappa shape index (κ3) is 2.69. The van der Waals surface area contributed by atoms with Gasteiger partial charge in [0.25, 0.3) is 0 Å². The number of carbonyl (C=O) groups excluding carboxylic acids is 3. The number of benzene rings is 1. The Bertz CT molecular complexity index is 868. The van der Waals surface area contributed by atoms with E-state index in [1.165, 1.54) is 0 Å². The van der Waals surface area contributed by atoms with E-state index < -0.39 is 17.8 Å². The second-order valence-electron chi connectivity index (χ2n) is 6.68. The van der Waals surface area contributed by atoms with Gasteiger partial charge in [0.1, 0.15) is 11.5 Å². The van der Waals surface area contributed by atoms with Crippen molar-refractivity contribution in [2.24, 2.45) is 0 Å². The molecule has 4 rings (SSSR count). The maximum Gasteiger partial charge on any atom is 0.334 e. The van der Waals surface area contributed by atoms with Gasteiger partial charge in [-0.05, 0) is 31.9 Å². The number of oxazole rings is 1. The molecule has 1 aromatic carbocycles. The first-order valence-corrected chi connectivity index (χ1v) is 8.77. The third-order valence-electron chi connectivity index (χ3n) is 5.00. The zero-order valence-corrected chi connectivity index (χ0v) is 14.5. The highest BCUT2D eigenvalue weighted by Gasteiger charge is 2.48. The molecule has 1 saturated heterocycles. The predicted molar refractivity (Wildman–Crippen MR) is 91.7 cm³/mol. The summed E-state index contributed by atoms with van der Waals surface area (Å²) in [7, 11) is 0. The van der Waals surface area contributed by atoms with Gasteiger partial charge in [-0.1, -0.05) is 31.0 Å². The van der Waals surface area contributed by atoms with E-state index in [2.05, 4.69) is 4.98 Å². The van der Waals surface area contributed by atoms with Crippen LogP contribution in [0.3, 0.4) is 0 Å². The number of aryl methyl sites for hydroxylation is 1. The maximum atomic E-state index is 12.7. The van der Waals surface area contributed by atoms with Crippen molar-refractivity contribution < 1.29 is 18.8 Å². The molecule has 2 heterocycles. The molecule has 2 fully saturated rings. The van der Waals surface area contributed by atoms with Crippen molar-refractivity contribution in [1.82, 2.24) is 14.8 Å². The number of hydrogen-bond acceptors (Lipinski definition) is 5. The average molecular weight is 353 g/mol. The van der Waals surface area contributed by atoms with E-state index in [-0.39, 0.29) is 12.6 Å². The second-order valence-corrected chi connectivity index (χ2v) is 6.68. The molecule has 1 aliphatic heterocycles. The van der Waals surface area contributed by atoms with Gasteiger partial charge in [0.15, 0.2) is 0 Å². The molecule has 4 amide bonds. The lowest BCUT2D eigenvalue weighted by molar-refractivity contribution is -0.144. The molecule has 26 heavy (non-hydrogen) atoms. The Balaban J connectivity index is 1.57. The lowest BCUT2D eigenvalue weighted by Crippen LogP contribution is -2.39. The Labute approximate surface area is 150 Å². The highest BCUT2D eigenvalue weighted by Crippen LogP contribution is 2.29. The lowest BCUT2D eigenvalue weighted by atomic mass is 10.2. The van der Waals surface area contributed by atoms with E-state index in [1.807, 2.05) is 30.3 Å². The van der Waals surface area contributed by atoms with Crippen LogP contribution in [-0.2, 0) is 16.1 Å². The fraction of sp³-hybridized carbons (Fsp3) is 0.368. The zero-order chi connectivity index (χ0) is 18.3. The number of nitrogens with zero attached hydrogens (tertiary/aromatic N) is 3. The number of carbonyl (C=O) groups is 3. The first kappa shape index (κ1) is 16.5. The Morgan fingerprint density at radius 3 is 2.46 bits per heavy atom. The SMILES string of the molecule is Cc1oc(-c2ccccc2)nc1CN1C(=O)C(=O)N(C2CCCC2)C1=O. The predicted octanol–water partition coefficient (Wildman–Crippen LogP) is 2.88. The zero-order valence-electron chi connectivity index (χ0n) is 14.5. The quantitative estimate of drug-likeness (QED) is 0.623. The Hall–Kier alpha value is -2.96. The monoisotopic (exact) mass is 353 g/mol. The van der Waals surface area contributed by atoms with Crippen molar-refractivity contribution in [2.45, 2.75) is 45.2 Å². The number of imide groups is 2. The van der Waals surface area contributed by atoms with E-state index in [9.17, 15) is 14.4 Å². The molecule has 1 saturated carbocycles. The van der Waals surface area contributed by atoms with Crippen LogP contribution in [0.4, 0.5) is 4.79 Å². The summed E-state index contributed by atoms with van der Waals surface area (Å²) in [6.07, 6.45) is 3.47. The minimum absolute atomic E-state index is 0.0607. The summed E-state index contributed by atoms with van der Waals surface area (Å²) in [5.74, 6) is -0.565. The minimum atomic E-state index is -0.787. The molecule has 0 spiro atoms. The van der Waals surface area contributed by atoms with Crippen LogP contribution >= 0.6 is 0 Å². The van der Waals surface area contributed by atoms with Crippen LogP contribution in [0.5, 0.6) is 0 Å². The highest BCUT2D eigenvalue weighted by atomic mass is 16.4. The number of rotatable bonds is 4. The topological polar surface area (TPSA) is 83.7 Å². The van der Waals surface area contributed by atoms with Crippen molar-refractivity contribution in [3.63, 3.8) is 0 Å². The lowest BCUT2D eigenvalue weighted by Gasteiger charge is -2.20. The van der Waals surface area contributed by atoms with E-state index in [4.69, 9.17) is 4.42 Å². The average Bonchev–Trinajstić information content (AvgIpc) is 3.34. The van der Waals surface area contributed by atoms with Crippen LogP contribution in [0.15, 0.2) is 34.7 Å². The molecule has 0 radical (unpaired) electrons. The first-order chi connectivity index (χ1) is 12.6. The molecule has 7 heteroatoms. The molecular formula is C19H19N3O4. The van der Waals surface area contributed by atoms with Crippen LogP contribution in [0.1, 0.15) is 37.1 Å². The van der Waals surface area contributed by atoms with Gasteiger partial charge in [-0.15, -0.1) is 0 Å². The summed E-state index contributed by atoms with van der Waals surface area (Å²) >= 11 is 0. The van der Waals surface area contributed by atoms with E-state index in [0.717, 1.165) is 41.0 Å². The Morgan fingerprint density at radius 1 is 1.08 bits per heavy atom. The molecule has 2 aliphatic rings. The van der Waals surface area contributed by atoms with Gasteiger partial charge < -0.3 is 4.42 Å². The maximum absolute atomic E-state index is 12.7. The van der Waals surface area contributed by atoms with Crippen molar-refractivity contribution in [3.05, 3.63) is 41.8 Å². The minimum Gasteiger partial charge on any atom is -0.441 e. The van der Waals surface area contributed by atoms with Gasteiger partial charge in [-0.3, -0.25) is 14.5 Å². The van der Waals surface area contributed by atoms with Crippen LogP contribution in [0, 0.1) is 6.92 Å².